The van der Waals surface area contributed by atoms with E-state index in [2.05, 4.69) is 0 Å². The first-order chi connectivity index (χ1) is 12.7. The van der Waals surface area contributed by atoms with Crippen LogP contribution in [0.25, 0.3) is 0 Å². The lowest BCUT2D eigenvalue weighted by molar-refractivity contribution is 0.00578. The first-order valence-electron chi connectivity index (χ1n) is 9.66. The second-order valence-corrected chi connectivity index (χ2v) is 11.3. The molecule has 2 N–H and O–H groups in total. The van der Waals surface area contributed by atoms with E-state index in [1.807, 2.05) is 66.7 Å². The highest BCUT2D eigenvalue weighted by atomic mass is 35.5. The summed E-state index contributed by atoms with van der Waals surface area (Å²) in [5.41, 5.74) is 0.147. The summed E-state index contributed by atoms with van der Waals surface area (Å²) in [6, 6.07) is 5.57. The van der Waals surface area contributed by atoms with Gasteiger partial charge in [0.15, 0.2) is 0 Å². The van der Waals surface area contributed by atoms with Crippen LogP contribution in [0.4, 0.5) is 0 Å². The molecule has 1 saturated heterocycles. The van der Waals surface area contributed by atoms with Gasteiger partial charge in [0.1, 0.15) is 5.75 Å². The van der Waals surface area contributed by atoms with Crippen LogP contribution in [0.15, 0.2) is 18.2 Å². The number of hydrogen-bond donors (Lipinski definition) is 1. The van der Waals surface area contributed by atoms with Gasteiger partial charge in [0, 0.05) is 5.02 Å². The van der Waals surface area contributed by atoms with Crippen molar-refractivity contribution in [2.75, 3.05) is 6.61 Å². The van der Waals surface area contributed by atoms with Crippen LogP contribution < -0.4 is 9.88 Å². The Balaban J connectivity index is 2.11. The molecule has 0 aliphatic carbocycles. The third-order valence-electron chi connectivity index (χ3n) is 5.84. The van der Waals surface area contributed by atoms with Crippen molar-refractivity contribution < 1.29 is 18.3 Å². The van der Waals surface area contributed by atoms with E-state index in [1.54, 1.807) is 0 Å². The molecular weight excluding hydrogens is 397 g/mol. The summed E-state index contributed by atoms with van der Waals surface area (Å²) in [5, 5.41) is 6.41. The normalized spacial score (nSPS) is 20.8. The molecule has 0 radical (unpaired) electrons. The fourth-order valence-corrected chi connectivity index (χ4v) is 3.83. The molecule has 8 heteroatoms. The summed E-state index contributed by atoms with van der Waals surface area (Å²) >= 11 is 6.01. The van der Waals surface area contributed by atoms with Gasteiger partial charge in [-0.25, -0.2) is 4.21 Å². The number of nitrogens with two attached hydrogens (primary N) is 1. The van der Waals surface area contributed by atoms with E-state index in [1.165, 1.54) is 0 Å². The van der Waals surface area contributed by atoms with Gasteiger partial charge in [0.2, 0.25) is 0 Å². The zero-order chi connectivity index (χ0) is 21.3. The highest BCUT2D eigenvalue weighted by Crippen LogP contribution is 2.43. The summed E-state index contributed by atoms with van der Waals surface area (Å²) in [4.78, 5) is 0. The number of aryl methyl sites for hydroxylation is 1. The first kappa shape index (κ1) is 23.7. The highest BCUT2D eigenvalue weighted by Gasteiger charge is 2.54. The molecule has 1 unspecified atom stereocenters. The lowest BCUT2D eigenvalue weighted by Crippen LogP contribution is -2.41. The summed E-state index contributed by atoms with van der Waals surface area (Å²) in [6.07, 6.45) is 1.30. The van der Waals surface area contributed by atoms with Gasteiger partial charge in [-0.1, -0.05) is 11.6 Å². The van der Waals surface area contributed by atoms with Gasteiger partial charge < -0.3 is 14.0 Å². The van der Waals surface area contributed by atoms with E-state index in [0.717, 1.165) is 11.3 Å². The van der Waals surface area contributed by atoms with Gasteiger partial charge in [-0.3, -0.25) is 5.14 Å². The molecule has 28 heavy (non-hydrogen) atoms. The molecule has 0 saturated carbocycles. The van der Waals surface area contributed by atoms with Gasteiger partial charge >= 0.3 is 7.12 Å². The number of rotatable bonds is 8. The summed E-state index contributed by atoms with van der Waals surface area (Å²) in [5.74, 6) is 0.801. The standard InChI is InChI=1S/C20H33BClNO4S/c1-14-12-16(22)8-9-17(14)25-11-10-15(13-18(2,3)28(23)24)21-26-19(4,5)20(6,7)27-21/h8-9,12,15H,10-11,13,23H2,1-7H3/t15-,28?/m0/s1. The molecule has 1 aromatic rings. The molecule has 5 nitrogen and oxygen atoms in total. The highest BCUT2D eigenvalue weighted by molar-refractivity contribution is 7.84. The molecule has 1 aliphatic heterocycles. The van der Waals surface area contributed by atoms with Crippen LogP contribution in [0.2, 0.25) is 10.8 Å². The quantitative estimate of drug-likeness (QED) is 0.609. The molecule has 158 valence electrons. The SMILES string of the molecule is Cc1cc(Cl)ccc1OCC[C@@H](CC(C)(C)S(N)=O)B1OC(C)(C)C(C)(C)O1. The lowest BCUT2D eigenvalue weighted by Gasteiger charge is -2.32. The molecule has 1 aromatic carbocycles. The molecular formula is C20H33BClNO4S. The molecule has 1 heterocycles. The van der Waals surface area contributed by atoms with E-state index in [4.69, 9.17) is 30.8 Å². The average Bonchev–Trinajstić information content (AvgIpc) is 2.76. The van der Waals surface area contributed by atoms with Crippen molar-refractivity contribution in [2.24, 2.45) is 5.14 Å². The Morgan fingerprint density at radius 3 is 2.32 bits per heavy atom. The Kier molecular flexibility index (Phi) is 7.31. The predicted molar refractivity (Wildman–Crippen MR) is 117 cm³/mol. The average molecular weight is 430 g/mol. The Morgan fingerprint density at radius 1 is 1.25 bits per heavy atom. The van der Waals surface area contributed by atoms with E-state index in [-0.39, 0.29) is 5.82 Å². The van der Waals surface area contributed by atoms with E-state index in [9.17, 15) is 4.21 Å². The Labute approximate surface area is 177 Å². The van der Waals surface area contributed by atoms with Gasteiger partial charge in [-0.2, -0.15) is 0 Å². The Hall–Kier alpha value is -0.595. The fourth-order valence-electron chi connectivity index (χ4n) is 3.22. The fraction of sp³-hybridized carbons (Fsp3) is 0.700. The molecule has 0 aromatic heterocycles. The maximum atomic E-state index is 12.0. The van der Waals surface area contributed by atoms with Crippen molar-refractivity contribution in [1.29, 1.82) is 0 Å². The third-order valence-corrected chi connectivity index (χ3v) is 7.33. The topological polar surface area (TPSA) is 70.8 Å². The minimum atomic E-state index is -1.45. The van der Waals surface area contributed by atoms with Gasteiger partial charge in [0.05, 0.1) is 33.5 Å². The minimum Gasteiger partial charge on any atom is -0.493 e. The van der Waals surface area contributed by atoms with Crippen molar-refractivity contribution >= 4 is 29.7 Å². The molecule has 0 bridgehead atoms. The van der Waals surface area contributed by atoms with Crippen molar-refractivity contribution in [3.8, 4) is 5.75 Å². The second-order valence-electron chi connectivity index (χ2n) is 9.19. The van der Waals surface area contributed by atoms with Gasteiger partial charge in [-0.15, -0.1) is 0 Å². The Morgan fingerprint density at radius 2 is 1.82 bits per heavy atom. The number of ether oxygens (including phenoxy) is 1. The summed E-state index contributed by atoms with van der Waals surface area (Å²) < 4.78 is 30.0. The molecule has 0 amide bonds. The Bertz CT molecular complexity index is 710. The number of benzene rings is 1. The van der Waals surface area contributed by atoms with Crippen molar-refractivity contribution in [1.82, 2.24) is 0 Å². The van der Waals surface area contributed by atoms with Crippen LogP contribution in [0.3, 0.4) is 0 Å². The maximum Gasteiger partial charge on any atom is 0.461 e. The van der Waals surface area contributed by atoms with Crippen LogP contribution in [0.5, 0.6) is 5.75 Å². The van der Waals surface area contributed by atoms with Crippen LogP contribution in [0.1, 0.15) is 59.9 Å². The summed E-state index contributed by atoms with van der Waals surface area (Å²) in [7, 11) is -1.85. The zero-order valence-corrected chi connectivity index (χ0v) is 19.6. The monoisotopic (exact) mass is 429 g/mol. The number of hydrogen-bond acceptors (Lipinski definition) is 4. The maximum absolute atomic E-state index is 12.0. The van der Waals surface area contributed by atoms with E-state index < -0.39 is 34.1 Å². The second kappa shape index (κ2) is 8.64. The molecule has 1 aliphatic rings. The van der Waals surface area contributed by atoms with E-state index >= 15 is 0 Å². The van der Waals surface area contributed by atoms with Gasteiger partial charge in [0.25, 0.3) is 0 Å². The first-order valence-corrected chi connectivity index (χ1v) is 11.3. The van der Waals surface area contributed by atoms with Crippen LogP contribution >= 0.6 is 11.6 Å². The molecule has 2 rings (SSSR count). The smallest absolute Gasteiger partial charge is 0.461 e. The third kappa shape index (κ3) is 5.51. The van der Waals surface area contributed by atoms with Gasteiger partial charge in [-0.05, 0) is 90.9 Å². The summed E-state index contributed by atoms with van der Waals surface area (Å²) in [6.45, 7) is 14.4. The largest absolute Gasteiger partial charge is 0.493 e. The van der Waals surface area contributed by atoms with Crippen molar-refractivity contribution in [2.45, 2.75) is 83.1 Å². The van der Waals surface area contributed by atoms with Crippen LogP contribution in [-0.2, 0) is 20.3 Å². The molecule has 2 atom stereocenters. The van der Waals surface area contributed by atoms with Crippen LogP contribution in [0, 0.1) is 6.92 Å². The van der Waals surface area contributed by atoms with Crippen molar-refractivity contribution in [3.63, 3.8) is 0 Å². The minimum absolute atomic E-state index is 0.00356. The predicted octanol–water partition coefficient (Wildman–Crippen LogP) is 4.67. The van der Waals surface area contributed by atoms with Crippen molar-refractivity contribution in [3.05, 3.63) is 28.8 Å². The molecule has 1 fully saturated rings. The zero-order valence-electron chi connectivity index (χ0n) is 18.0. The number of halogens is 1. The van der Waals surface area contributed by atoms with E-state index in [0.29, 0.717) is 24.5 Å². The lowest BCUT2D eigenvalue weighted by atomic mass is 9.66. The van der Waals surface area contributed by atoms with Crippen LogP contribution in [-0.4, -0.2) is 33.9 Å². The molecule has 0 spiro atoms.